The Kier molecular flexibility index (Phi) is 5.60. The van der Waals surface area contributed by atoms with E-state index in [1.54, 1.807) is 20.8 Å². The van der Waals surface area contributed by atoms with E-state index in [0.29, 0.717) is 12.1 Å². The number of hydrogen-bond donors (Lipinski definition) is 0. The fourth-order valence-corrected chi connectivity index (χ4v) is 2.09. The lowest BCUT2D eigenvalue weighted by Crippen LogP contribution is -2.26. The highest BCUT2D eigenvalue weighted by molar-refractivity contribution is 7.91. The van der Waals surface area contributed by atoms with Crippen LogP contribution in [0.2, 0.25) is 0 Å². The average Bonchev–Trinajstić information content (AvgIpc) is 2.41. The maximum absolute atomic E-state index is 12.9. The van der Waals surface area contributed by atoms with E-state index in [4.69, 9.17) is 0 Å². The Labute approximate surface area is 134 Å². The third kappa shape index (κ3) is 5.07. The predicted molar refractivity (Wildman–Crippen MR) is 82.7 cm³/mol. The van der Waals surface area contributed by atoms with Crippen molar-refractivity contribution in [1.82, 2.24) is 0 Å². The largest absolute Gasteiger partial charge is 0.591 e. The zero-order valence-corrected chi connectivity index (χ0v) is 13.5. The summed E-state index contributed by atoms with van der Waals surface area (Å²) in [6, 6.07) is 2.09. The second-order valence-electron chi connectivity index (χ2n) is 5.57. The van der Waals surface area contributed by atoms with Gasteiger partial charge in [-0.15, -0.1) is 0 Å². The Balaban J connectivity index is 3.50. The smallest absolute Gasteiger partial charge is 0.416 e. The van der Waals surface area contributed by atoms with Gasteiger partial charge < -0.3 is 4.55 Å². The van der Waals surface area contributed by atoms with E-state index in [1.807, 2.05) is 0 Å². The Morgan fingerprint density at radius 2 is 1.87 bits per heavy atom. The summed E-state index contributed by atoms with van der Waals surface area (Å²) in [5, 5.41) is 10.8. The first-order valence-electron chi connectivity index (χ1n) is 6.36. The number of nitrogens with zero attached hydrogens (tertiary/aromatic N) is 2. The number of nitro groups is 1. The van der Waals surface area contributed by atoms with Crippen LogP contribution in [0.1, 0.15) is 31.9 Å². The van der Waals surface area contributed by atoms with Crippen molar-refractivity contribution in [3.8, 4) is 0 Å². The fraction of sp³-hybridized carbons (Fsp3) is 0.357. The summed E-state index contributed by atoms with van der Waals surface area (Å²) in [7, 11) is 0. The quantitative estimate of drug-likeness (QED) is 0.356. The minimum atomic E-state index is -4.75. The molecule has 1 atom stereocenters. The predicted octanol–water partition coefficient (Wildman–Crippen LogP) is 4.05. The van der Waals surface area contributed by atoms with Crippen LogP contribution in [0.3, 0.4) is 0 Å². The summed E-state index contributed by atoms with van der Waals surface area (Å²) in [5.74, 6) is 0. The number of hydrogen-bond acceptors (Lipinski definition) is 4. The molecular formula is C14H15F3N2O3S. The van der Waals surface area contributed by atoms with Gasteiger partial charge in [-0.1, -0.05) is 11.0 Å². The van der Waals surface area contributed by atoms with Gasteiger partial charge in [0.15, 0.2) is 0 Å². The molecule has 126 valence electrons. The summed E-state index contributed by atoms with van der Waals surface area (Å²) in [6.07, 6.45) is -3.64. The Morgan fingerprint density at radius 1 is 1.30 bits per heavy atom. The SMILES string of the molecule is C=C/C(=N/[S+]([O-])C(C)(C)C)c1cc([N+](=O)[O-])cc(C(F)(F)F)c1. The highest BCUT2D eigenvalue weighted by Gasteiger charge is 2.33. The number of alkyl halides is 3. The van der Waals surface area contributed by atoms with E-state index in [-0.39, 0.29) is 11.3 Å². The number of benzene rings is 1. The average molecular weight is 348 g/mol. The molecule has 1 unspecified atom stereocenters. The van der Waals surface area contributed by atoms with Crippen LogP contribution in [0.4, 0.5) is 18.9 Å². The van der Waals surface area contributed by atoms with Crippen LogP contribution in [-0.4, -0.2) is 19.9 Å². The second kappa shape index (κ2) is 6.71. The summed E-state index contributed by atoms with van der Waals surface area (Å²) < 4.78 is 53.8. The molecule has 9 heteroatoms. The number of allylic oxidation sites excluding steroid dienone is 1. The molecule has 0 amide bonds. The van der Waals surface area contributed by atoms with Crippen molar-refractivity contribution >= 4 is 22.8 Å². The van der Waals surface area contributed by atoms with Crippen LogP contribution in [0, 0.1) is 10.1 Å². The molecule has 0 heterocycles. The molecule has 0 aliphatic heterocycles. The topological polar surface area (TPSA) is 78.6 Å². The fourth-order valence-electron chi connectivity index (χ4n) is 1.46. The van der Waals surface area contributed by atoms with Crippen molar-refractivity contribution in [2.75, 3.05) is 0 Å². The van der Waals surface area contributed by atoms with Gasteiger partial charge >= 0.3 is 6.18 Å². The van der Waals surface area contributed by atoms with Crippen LogP contribution < -0.4 is 0 Å². The van der Waals surface area contributed by atoms with Gasteiger partial charge in [0.1, 0.15) is 21.8 Å². The third-order valence-corrected chi connectivity index (χ3v) is 4.06. The molecule has 0 radical (unpaired) electrons. The molecule has 0 bridgehead atoms. The Hall–Kier alpha value is -1.87. The molecule has 0 spiro atoms. The van der Waals surface area contributed by atoms with Gasteiger partial charge in [0.05, 0.1) is 10.5 Å². The molecule has 0 saturated carbocycles. The van der Waals surface area contributed by atoms with Gasteiger partial charge in [-0.3, -0.25) is 10.1 Å². The van der Waals surface area contributed by atoms with Crippen LogP contribution in [0.5, 0.6) is 0 Å². The molecular weight excluding hydrogens is 333 g/mol. The molecule has 0 aliphatic carbocycles. The van der Waals surface area contributed by atoms with Crippen molar-refractivity contribution in [3.63, 3.8) is 0 Å². The van der Waals surface area contributed by atoms with E-state index in [0.717, 1.165) is 12.1 Å². The van der Waals surface area contributed by atoms with Crippen molar-refractivity contribution in [2.24, 2.45) is 4.40 Å². The Morgan fingerprint density at radius 3 is 2.26 bits per heavy atom. The lowest BCUT2D eigenvalue weighted by atomic mass is 10.0. The zero-order chi connectivity index (χ0) is 18.0. The molecule has 0 aliphatic rings. The lowest BCUT2D eigenvalue weighted by molar-refractivity contribution is -0.385. The first-order chi connectivity index (χ1) is 10.4. The number of halogens is 3. The summed E-state index contributed by atoms with van der Waals surface area (Å²) >= 11 is -1.75. The molecule has 0 fully saturated rings. The van der Waals surface area contributed by atoms with Gasteiger partial charge in [-0.05, 0) is 32.9 Å². The monoisotopic (exact) mass is 348 g/mol. The minimum absolute atomic E-state index is 0.104. The van der Waals surface area contributed by atoms with Crippen LogP contribution in [-0.2, 0) is 17.5 Å². The highest BCUT2D eigenvalue weighted by Crippen LogP contribution is 2.33. The molecule has 23 heavy (non-hydrogen) atoms. The van der Waals surface area contributed by atoms with Gasteiger partial charge in [0, 0.05) is 17.7 Å². The van der Waals surface area contributed by atoms with Crippen molar-refractivity contribution in [3.05, 3.63) is 52.1 Å². The molecule has 0 saturated heterocycles. The van der Waals surface area contributed by atoms with E-state index in [2.05, 4.69) is 11.0 Å². The van der Waals surface area contributed by atoms with E-state index >= 15 is 0 Å². The van der Waals surface area contributed by atoms with Gasteiger partial charge in [0.25, 0.3) is 5.69 Å². The van der Waals surface area contributed by atoms with Gasteiger partial charge in [-0.2, -0.15) is 13.2 Å². The third-order valence-electron chi connectivity index (χ3n) is 2.65. The first kappa shape index (κ1) is 19.2. The standard InChI is InChI=1S/C14H15F3N2O3S/c1-5-12(18-23(22)13(2,3)4)9-6-10(14(15,16)17)8-11(7-9)19(20)21/h5-8H,1H2,2-4H3/b18-12-. The van der Waals surface area contributed by atoms with E-state index in [1.165, 1.54) is 0 Å². The first-order valence-corrected chi connectivity index (χ1v) is 7.47. The number of rotatable bonds is 4. The van der Waals surface area contributed by atoms with Crippen LogP contribution in [0.25, 0.3) is 0 Å². The molecule has 1 aromatic carbocycles. The summed E-state index contributed by atoms with van der Waals surface area (Å²) in [4.78, 5) is 9.91. The highest BCUT2D eigenvalue weighted by atomic mass is 32.2. The number of nitro benzene ring substituents is 1. The van der Waals surface area contributed by atoms with Crippen molar-refractivity contribution in [1.29, 1.82) is 0 Å². The molecule has 1 rings (SSSR count). The van der Waals surface area contributed by atoms with Gasteiger partial charge in [-0.25, -0.2) is 0 Å². The van der Waals surface area contributed by atoms with E-state index < -0.39 is 38.5 Å². The molecule has 0 N–H and O–H groups in total. The molecule has 5 nitrogen and oxygen atoms in total. The lowest BCUT2D eigenvalue weighted by Gasteiger charge is -2.19. The minimum Gasteiger partial charge on any atom is -0.591 e. The van der Waals surface area contributed by atoms with Crippen molar-refractivity contribution < 1.29 is 22.6 Å². The van der Waals surface area contributed by atoms with Crippen molar-refractivity contribution in [2.45, 2.75) is 31.7 Å². The molecule has 1 aromatic rings. The second-order valence-corrected chi connectivity index (χ2v) is 7.47. The van der Waals surface area contributed by atoms with Gasteiger partial charge in [0.2, 0.25) is 0 Å². The summed E-state index contributed by atoms with van der Waals surface area (Å²) in [5.41, 5.74) is -2.18. The normalized spacial score (nSPS) is 14.5. The maximum atomic E-state index is 12.9. The molecule has 0 aromatic heterocycles. The van der Waals surface area contributed by atoms with E-state index in [9.17, 15) is 27.8 Å². The maximum Gasteiger partial charge on any atom is 0.416 e. The Bertz CT molecular complexity index is 652. The summed E-state index contributed by atoms with van der Waals surface area (Å²) in [6.45, 7) is 8.34. The number of non-ortho nitro benzene ring substituents is 1. The van der Waals surface area contributed by atoms with Crippen LogP contribution >= 0.6 is 0 Å². The zero-order valence-electron chi connectivity index (χ0n) is 12.7. The van der Waals surface area contributed by atoms with Crippen LogP contribution in [0.15, 0.2) is 35.3 Å².